The van der Waals surface area contributed by atoms with Crippen LogP contribution >= 0.6 is 23.5 Å². The van der Waals surface area contributed by atoms with Crippen LogP contribution in [-0.2, 0) is 85.1 Å². The van der Waals surface area contributed by atoms with E-state index in [4.69, 9.17) is 43.9 Å². The number of thioether (sulfide) groups is 2. The molecule has 8 aliphatic rings. The van der Waals surface area contributed by atoms with Gasteiger partial charge in [-0.1, -0.05) is 14.9 Å². The zero-order valence-corrected chi connectivity index (χ0v) is 67.9. The Morgan fingerprint density at radius 1 is 0.496 bits per heavy atom. The molecule has 2 atom stereocenters. The average Bonchev–Trinajstić information content (AvgIpc) is 0.983. The van der Waals surface area contributed by atoms with Crippen LogP contribution in [0.1, 0.15) is 134 Å². The number of fused-ring (bicyclic) bond motifs is 3. The van der Waals surface area contributed by atoms with E-state index in [9.17, 15) is 43.7 Å². The van der Waals surface area contributed by atoms with E-state index in [-0.39, 0.29) is 57.4 Å². The third kappa shape index (κ3) is 21.9. The molecule has 6 aromatic rings. The summed E-state index contributed by atoms with van der Waals surface area (Å²) in [7, 11) is 13.4. The van der Waals surface area contributed by atoms with E-state index >= 15 is 0 Å². The highest BCUT2D eigenvalue weighted by Crippen LogP contribution is 2.38. The highest BCUT2D eigenvalue weighted by atomic mass is 32.2. The van der Waals surface area contributed by atoms with Crippen molar-refractivity contribution in [3.63, 3.8) is 0 Å². The lowest BCUT2D eigenvalue weighted by molar-refractivity contribution is -0.137. The number of nitriles is 3. The third-order valence-corrected chi connectivity index (χ3v) is 24.0. The van der Waals surface area contributed by atoms with E-state index in [0.29, 0.717) is 161 Å². The fraction of sp³-hybridized carbons (Fsp3) is 0.524. The van der Waals surface area contributed by atoms with Gasteiger partial charge in [-0.2, -0.15) is 44.3 Å². The van der Waals surface area contributed by atoms with Crippen LogP contribution in [0.15, 0.2) is 55.0 Å². The monoisotopic (exact) mass is 1650 g/mol. The van der Waals surface area contributed by atoms with Crippen LogP contribution in [0.25, 0.3) is 0 Å². The van der Waals surface area contributed by atoms with Crippen LogP contribution in [0.4, 0.5) is 53.7 Å². The molecule has 0 spiro atoms. The Bertz CT molecular complexity index is 4710. The summed E-state index contributed by atoms with van der Waals surface area (Å²) in [6.07, 6.45) is 11.0. The number of nitrogens with one attached hydrogen (secondary N) is 3. The number of amides is 9. The Kier molecular flexibility index (Phi) is 31.8. The van der Waals surface area contributed by atoms with Crippen molar-refractivity contribution in [1.29, 1.82) is 15.8 Å². The number of anilines is 6. The highest BCUT2D eigenvalue weighted by Gasteiger charge is 2.36. The predicted molar refractivity (Wildman–Crippen MR) is 446 cm³/mol. The van der Waals surface area contributed by atoms with E-state index in [1.807, 2.05) is 99.5 Å². The summed E-state index contributed by atoms with van der Waals surface area (Å²) in [5, 5.41) is 36.5. The van der Waals surface area contributed by atoms with Gasteiger partial charge in [-0.05, 0) is 189 Å². The Morgan fingerprint density at radius 2 is 0.846 bits per heavy atom. The molecule has 0 aromatic carbocycles. The van der Waals surface area contributed by atoms with E-state index < -0.39 is 24.4 Å². The van der Waals surface area contributed by atoms with Crippen molar-refractivity contribution in [2.75, 3.05) is 189 Å². The summed E-state index contributed by atoms with van der Waals surface area (Å²) in [6.45, 7) is 8.00. The maximum absolute atomic E-state index is 14.0. The fourth-order valence-corrected chi connectivity index (χ4v) is 17.9. The molecule has 6 aromatic heterocycles. The van der Waals surface area contributed by atoms with Gasteiger partial charge in [0, 0.05) is 126 Å². The first-order chi connectivity index (χ1) is 55.7. The number of urea groups is 3. The minimum Gasteiger partial charge on any atom is -0.481 e. The molecule has 0 bridgehead atoms. The van der Waals surface area contributed by atoms with Gasteiger partial charge in [0.1, 0.15) is 75.9 Å². The number of carbonyl (C=O) groups is 6. The Labute approximate surface area is 693 Å². The van der Waals surface area contributed by atoms with Gasteiger partial charge in [-0.3, -0.25) is 59.7 Å². The summed E-state index contributed by atoms with van der Waals surface area (Å²) in [5.41, 5.74) is 8.98. The summed E-state index contributed by atoms with van der Waals surface area (Å²) < 4.78 is 41.7. The van der Waals surface area contributed by atoms with Gasteiger partial charge in [0.2, 0.25) is 36.2 Å². The topological polar surface area (TPSA) is 363 Å². The first-order valence-corrected chi connectivity index (χ1v) is 40.9. The molecule has 9 amide bonds. The number of pyridine rings is 6. The molecule has 3 N–H and O–H groups in total. The van der Waals surface area contributed by atoms with Crippen LogP contribution in [0, 0.1) is 51.6 Å². The summed E-state index contributed by atoms with van der Waals surface area (Å²) in [4.78, 5) is 121. The van der Waals surface area contributed by atoms with Gasteiger partial charge in [-0.15, -0.1) is 0 Å². The number of nitrogens with zero attached hydrogens (tertiary/aromatic N) is 18. The minimum absolute atomic E-state index is 0. The molecule has 14 rings (SSSR count). The minimum atomic E-state index is -0.797. The lowest BCUT2D eigenvalue weighted by Crippen LogP contribution is -2.48. The average molecular weight is 1650 g/mol. The third-order valence-electron chi connectivity index (χ3n) is 21.6. The van der Waals surface area contributed by atoms with Gasteiger partial charge in [0.15, 0.2) is 0 Å². The van der Waals surface area contributed by atoms with Gasteiger partial charge in [-0.25, -0.2) is 43.7 Å². The normalized spacial score (nSPS) is 18.2. The van der Waals surface area contributed by atoms with E-state index in [1.54, 1.807) is 54.5 Å². The second kappa shape index (κ2) is 41.7. The van der Waals surface area contributed by atoms with E-state index in [1.165, 1.54) is 19.1 Å². The Balaban J connectivity index is 0.000000200. The summed E-state index contributed by atoms with van der Waals surface area (Å²) in [5.74, 6) is 7.76. The van der Waals surface area contributed by atoms with Crippen LogP contribution in [0.2, 0.25) is 0 Å². The number of aryl methyl sites for hydroxylation is 3. The lowest BCUT2D eigenvalue weighted by atomic mass is 9.96. The second-order valence-corrected chi connectivity index (χ2v) is 32.0. The number of aromatic nitrogens is 6. The van der Waals surface area contributed by atoms with Gasteiger partial charge in [0.05, 0.1) is 50.6 Å². The van der Waals surface area contributed by atoms with Crippen molar-refractivity contribution in [3.8, 4) is 24.1 Å². The number of rotatable bonds is 20. The maximum Gasteiger partial charge on any atom is 0.328 e. The molecule has 8 aliphatic heterocycles. The second-order valence-electron chi connectivity index (χ2n) is 29.7. The molecule has 5 fully saturated rings. The lowest BCUT2D eigenvalue weighted by Gasteiger charge is -2.34. The zero-order chi connectivity index (χ0) is 81.4. The van der Waals surface area contributed by atoms with Crippen molar-refractivity contribution in [3.05, 3.63) is 133 Å². The number of halogens is 1. The van der Waals surface area contributed by atoms with Crippen molar-refractivity contribution in [1.82, 2.24) is 59.3 Å². The molecule has 32 nitrogen and oxygen atoms in total. The first-order valence-electron chi connectivity index (χ1n) is 38.6. The number of methoxy groups -OCH3 is 5. The molecule has 0 radical (unpaired) electrons. The molecule has 117 heavy (non-hydrogen) atoms. The standard InChI is InChI=1S/C29H37N7O4S.C27H33N7O3S.C24H28FN7O4.2CH4.H2/c1-34-8-9-35(25(37)17-34)16-22-12-20-5-4-7-36(27(20)33-26(22)28(39-2)40-3)29(38)32-24-13-21(23(14-30)15-31-24)11-19-6-10-41-18-19;1-32-7-8-33(24(35)16-32)15-21-11-19-4-3-6-34(25(19)31-26(21)37-2)27(36)30-23-12-20(22(13-28)14-29-23)10-18-5-9-38-17-18;1-30-7-8-31(20(33)14-30)13-16-9-15-5-4-6-32(22(15)29-21(16)23(35-2)36-3)24(34)28-19-10-18(25)17(11-26)12-27-19;;;/h12-13,15,19,28H,4-11,16-18H2,1-3H3,(H,31,32,38);11-12,14,18H,3-10,15-17H2,1-2H3,(H,29,30,36);9-10,12,23H,4-8,13-14H2,1-3H3,(H,27,28,34);2*1H4;1H/i;;;;;1+1. The maximum atomic E-state index is 14.0. The highest BCUT2D eigenvalue weighted by molar-refractivity contribution is 7.99. The van der Waals surface area contributed by atoms with Crippen molar-refractivity contribution < 1.29 is 58.3 Å². The smallest absolute Gasteiger partial charge is 0.328 e. The van der Waals surface area contributed by atoms with Crippen LogP contribution < -0.4 is 35.4 Å². The van der Waals surface area contributed by atoms with E-state index in [2.05, 4.69) is 43.0 Å². The molecule has 0 saturated carbocycles. The van der Waals surface area contributed by atoms with Gasteiger partial charge in [0.25, 0.3) is 0 Å². The van der Waals surface area contributed by atoms with Crippen molar-refractivity contribution >= 4 is 94.2 Å². The molecule has 2 unspecified atom stereocenters. The Hall–Kier alpha value is -10.3. The van der Waals surface area contributed by atoms with Gasteiger partial charge < -0.3 is 38.4 Å². The van der Waals surface area contributed by atoms with Crippen LogP contribution in [0.5, 0.6) is 5.88 Å². The molecule has 35 heteroatoms. The molecule has 5 saturated heterocycles. The largest absolute Gasteiger partial charge is 0.481 e. The van der Waals surface area contributed by atoms with Crippen molar-refractivity contribution in [2.45, 2.75) is 111 Å². The molecular weight excluding hydrogens is 1540 g/mol. The first kappa shape index (κ1) is 89.1. The fourth-order valence-electron chi connectivity index (χ4n) is 15.3. The summed E-state index contributed by atoms with van der Waals surface area (Å²) >= 11 is 3.88. The number of ether oxygens (including phenoxy) is 5. The molecular formula is C82H108FN21O11S2. The van der Waals surface area contributed by atoms with Gasteiger partial charge >= 0.3 is 18.1 Å². The SMILES string of the molecule is C.C.COC(OC)c1nc2c(cc1CN1CCN(C)CC1=O)CCCN2C(=O)Nc1cc(CC2CCSC2)c(C#N)cn1.COC(OC)c1nc2c(cc1CN1CCN(C)CC1=O)CCCN2C(=O)Nc1cc(F)c(C#N)cn1.COc1nc2c(cc1CN1CCN(C)CC1=O)CCCN2C(=O)Nc1cc(CC2CCSC2)c(C#N)cn1.[2HH]. The van der Waals surface area contributed by atoms with E-state index in [0.717, 1.165) is 151 Å². The number of hydrogen-bond acceptors (Lipinski definition) is 25. The van der Waals surface area contributed by atoms with Crippen molar-refractivity contribution in [2.24, 2.45) is 11.8 Å². The quantitative estimate of drug-likeness (QED) is 0.0598. The molecule has 626 valence electrons. The summed E-state index contributed by atoms with van der Waals surface area (Å²) in [6, 6.07) is 15.6. The molecule has 14 heterocycles. The number of likely N-dealkylation sites (N-methyl/N-ethyl adjacent to an activating group) is 3. The zero-order valence-electron chi connectivity index (χ0n) is 66.2. The van der Waals surface area contributed by atoms with Crippen LogP contribution in [0.3, 0.4) is 0 Å². The number of hydrogen-bond donors (Lipinski definition) is 3. The predicted octanol–water partition coefficient (Wildman–Crippen LogP) is 9.66. The number of carbonyl (C=O) groups excluding carboxylic acids is 6. The van der Waals surface area contributed by atoms with Crippen LogP contribution in [-0.4, -0.2) is 253 Å². The number of piperazine rings is 3. The molecule has 0 aliphatic carbocycles. The Morgan fingerprint density at radius 3 is 1.18 bits per heavy atom.